The van der Waals surface area contributed by atoms with E-state index in [0.717, 1.165) is 11.1 Å². The van der Waals surface area contributed by atoms with Gasteiger partial charge in [0.1, 0.15) is 11.3 Å². The molecule has 0 aliphatic heterocycles. The zero-order valence-electron chi connectivity index (χ0n) is 16.5. The summed E-state index contributed by atoms with van der Waals surface area (Å²) >= 11 is 5.15. The van der Waals surface area contributed by atoms with Gasteiger partial charge in [0.15, 0.2) is 5.11 Å². The van der Waals surface area contributed by atoms with E-state index < -0.39 is 5.63 Å². The Kier molecular flexibility index (Phi) is 6.00. The van der Waals surface area contributed by atoms with E-state index in [9.17, 15) is 4.79 Å². The van der Waals surface area contributed by atoms with Gasteiger partial charge < -0.3 is 9.73 Å². The summed E-state index contributed by atoms with van der Waals surface area (Å²) in [6.45, 7) is 4.15. The van der Waals surface area contributed by atoms with E-state index in [-0.39, 0.29) is 0 Å². The third kappa shape index (κ3) is 4.59. The van der Waals surface area contributed by atoms with Gasteiger partial charge in [-0.05, 0) is 36.5 Å². The second-order valence-corrected chi connectivity index (χ2v) is 6.98. The average molecular weight is 430 g/mol. The Morgan fingerprint density at radius 1 is 1.19 bits per heavy atom. The summed E-state index contributed by atoms with van der Waals surface area (Å²) in [5.74, 6) is 0. The van der Waals surface area contributed by atoms with Crippen LogP contribution in [0.3, 0.4) is 0 Å². The Morgan fingerprint density at radius 3 is 2.77 bits per heavy atom. The third-order valence-electron chi connectivity index (χ3n) is 4.44. The zero-order chi connectivity index (χ0) is 21.6. The van der Waals surface area contributed by atoms with Gasteiger partial charge in [-0.2, -0.15) is 10.2 Å². The van der Waals surface area contributed by atoms with Gasteiger partial charge in [0, 0.05) is 23.7 Å². The Morgan fingerprint density at radius 2 is 1.97 bits per heavy atom. The molecule has 0 radical (unpaired) electrons. The van der Waals surface area contributed by atoms with Crippen LogP contribution in [0.15, 0.2) is 93.8 Å². The number of para-hydroxylation sites is 2. The van der Waals surface area contributed by atoms with Crippen molar-refractivity contribution >= 4 is 34.5 Å². The first-order chi connectivity index (χ1) is 15.2. The van der Waals surface area contributed by atoms with Crippen LogP contribution in [0.5, 0.6) is 0 Å². The molecular weight excluding hydrogens is 410 g/mol. The number of aromatic nitrogens is 2. The van der Waals surface area contributed by atoms with E-state index >= 15 is 0 Å². The van der Waals surface area contributed by atoms with E-state index in [0.29, 0.717) is 34.1 Å². The van der Waals surface area contributed by atoms with Gasteiger partial charge in [-0.1, -0.05) is 42.5 Å². The van der Waals surface area contributed by atoms with Crippen molar-refractivity contribution in [2.24, 2.45) is 5.10 Å². The van der Waals surface area contributed by atoms with E-state index in [1.54, 1.807) is 35.3 Å². The second-order valence-electron chi connectivity index (χ2n) is 6.57. The van der Waals surface area contributed by atoms with Crippen molar-refractivity contribution in [3.63, 3.8) is 0 Å². The highest BCUT2D eigenvalue weighted by Gasteiger charge is 2.16. The molecule has 0 atom stereocenters. The number of nitrogens with one attached hydrogen (secondary N) is 2. The lowest BCUT2D eigenvalue weighted by atomic mass is 10.1. The lowest BCUT2D eigenvalue weighted by Crippen LogP contribution is -2.31. The first kappa shape index (κ1) is 20.2. The van der Waals surface area contributed by atoms with Gasteiger partial charge in [0.05, 0.1) is 17.5 Å². The van der Waals surface area contributed by atoms with Crippen molar-refractivity contribution in [2.75, 3.05) is 6.54 Å². The van der Waals surface area contributed by atoms with Gasteiger partial charge >= 0.3 is 5.63 Å². The zero-order valence-corrected chi connectivity index (χ0v) is 17.3. The Bertz CT molecular complexity index is 1320. The number of thiocarbonyl (C=S) groups is 1. The van der Waals surface area contributed by atoms with Crippen LogP contribution >= 0.6 is 12.2 Å². The lowest BCUT2D eigenvalue weighted by molar-refractivity contribution is 0.563. The molecule has 0 unspecified atom stereocenters. The molecule has 4 aromatic rings. The highest BCUT2D eigenvalue weighted by molar-refractivity contribution is 7.80. The number of rotatable bonds is 6. The highest BCUT2D eigenvalue weighted by Crippen LogP contribution is 2.23. The first-order valence-corrected chi connectivity index (χ1v) is 9.92. The number of hydrogen-bond acceptors (Lipinski definition) is 5. The predicted molar refractivity (Wildman–Crippen MR) is 127 cm³/mol. The molecule has 0 spiro atoms. The highest BCUT2D eigenvalue weighted by atomic mass is 32.1. The van der Waals surface area contributed by atoms with Gasteiger partial charge in [0.25, 0.3) is 0 Å². The van der Waals surface area contributed by atoms with Crippen molar-refractivity contribution in [2.45, 2.75) is 0 Å². The molecule has 4 rings (SSSR count). The molecule has 8 heteroatoms. The SMILES string of the molecule is C=CCNC(=S)N/N=C/c1cn(-c2ccccc2)nc1-c1cc2ccccc2oc1=O. The standard InChI is InChI=1S/C23H19N5O2S/c1-2-12-24-23(31)26-25-14-17-15-28(18-9-4-3-5-10-18)27-21(17)19-13-16-8-6-7-11-20(16)30-22(19)29/h2-11,13-15H,1,12H2,(H2,24,26,31)/b25-14+. The van der Waals surface area contributed by atoms with Crippen molar-refractivity contribution in [1.29, 1.82) is 0 Å². The molecule has 154 valence electrons. The molecular formula is C23H19N5O2S. The molecule has 2 heterocycles. The van der Waals surface area contributed by atoms with E-state index in [1.807, 2.05) is 48.5 Å². The number of nitrogens with zero attached hydrogens (tertiary/aromatic N) is 3. The van der Waals surface area contributed by atoms with E-state index in [4.69, 9.17) is 16.6 Å². The number of benzene rings is 2. The molecule has 2 N–H and O–H groups in total. The smallest absolute Gasteiger partial charge is 0.345 e. The molecule has 0 saturated carbocycles. The van der Waals surface area contributed by atoms with Crippen molar-refractivity contribution < 1.29 is 4.42 Å². The Hall–Kier alpha value is -4.04. The molecule has 2 aromatic carbocycles. The maximum Gasteiger partial charge on any atom is 0.345 e. The van der Waals surface area contributed by atoms with Gasteiger partial charge in [-0.15, -0.1) is 6.58 Å². The fourth-order valence-electron chi connectivity index (χ4n) is 3.00. The summed E-state index contributed by atoms with van der Waals surface area (Å²) < 4.78 is 7.19. The van der Waals surface area contributed by atoms with Crippen LogP contribution in [0, 0.1) is 0 Å². The number of hydrogen-bond donors (Lipinski definition) is 2. The molecule has 0 saturated heterocycles. The summed E-state index contributed by atoms with van der Waals surface area (Å²) in [5, 5.41) is 12.9. The minimum absolute atomic E-state index is 0.349. The second kappa shape index (κ2) is 9.19. The fraction of sp³-hybridized carbons (Fsp3) is 0.0435. The maximum absolute atomic E-state index is 12.7. The number of hydrazone groups is 1. The summed E-state index contributed by atoms with van der Waals surface area (Å²) in [6, 6.07) is 18.7. The summed E-state index contributed by atoms with van der Waals surface area (Å²) in [4.78, 5) is 12.7. The largest absolute Gasteiger partial charge is 0.422 e. The monoisotopic (exact) mass is 429 g/mol. The minimum Gasteiger partial charge on any atom is -0.422 e. The molecule has 0 aliphatic rings. The van der Waals surface area contributed by atoms with Crippen LogP contribution in [-0.4, -0.2) is 27.7 Å². The maximum atomic E-state index is 12.7. The van der Waals surface area contributed by atoms with Crippen molar-refractivity contribution in [3.05, 3.63) is 95.5 Å². The van der Waals surface area contributed by atoms with E-state index in [1.165, 1.54) is 0 Å². The first-order valence-electron chi connectivity index (χ1n) is 9.52. The Balaban J connectivity index is 1.76. The van der Waals surface area contributed by atoms with Crippen LogP contribution in [0.1, 0.15) is 5.56 Å². The van der Waals surface area contributed by atoms with Crippen LogP contribution < -0.4 is 16.4 Å². The number of fused-ring (bicyclic) bond motifs is 1. The van der Waals surface area contributed by atoms with E-state index in [2.05, 4.69) is 27.5 Å². The molecule has 0 fully saturated rings. The summed E-state index contributed by atoms with van der Waals surface area (Å²) in [6.07, 6.45) is 5.06. The molecule has 31 heavy (non-hydrogen) atoms. The summed E-state index contributed by atoms with van der Waals surface area (Å²) in [7, 11) is 0. The van der Waals surface area contributed by atoms with Gasteiger partial charge in [-0.3, -0.25) is 5.43 Å². The van der Waals surface area contributed by atoms with Crippen molar-refractivity contribution in [3.8, 4) is 16.9 Å². The average Bonchev–Trinajstić information content (AvgIpc) is 3.21. The fourth-order valence-corrected chi connectivity index (χ4v) is 3.13. The molecule has 0 bridgehead atoms. The Labute approximate surface area is 183 Å². The quantitative estimate of drug-likeness (QED) is 0.160. The van der Waals surface area contributed by atoms with Crippen LogP contribution in [0.4, 0.5) is 0 Å². The summed E-state index contributed by atoms with van der Waals surface area (Å²) in [5.41, 5.74) is 5.08. The van der Waals surface area contributed by atoms with Crippen molar-refractivity contribution in [1.82, 2.24) is 20.5 Å². The normalized spacial score (nSPS) is 11.0. The van der Waals surface area contributed by atoms with Crippen LogP contribution in [0.2, 0.25) is 0 Å². The van der Waals surface area contributed by atoms with Gasteiger partial charge in [0.2, 0.25) is 0 Å². The third-order valence-corrected chi connectivity index (χ3v) is 4.67. The molecule has 0 amide bonds. The molecule has 0 aliphatic carbocycles. The van der Waals surface area contributed by atoms with Gasteiger partial charge in [-0.25, -0.2) is 9.48 Å². The topological polar surface area (TPSA) is 84.4 Å². The molecule has 2 aromatic heterocycles. The lowest BCUT2D eigenvalue weighted by Gasteiger charge is -2.03. The van der Waals surface area contributed by atoms with Crippen LogP contribution in [0.25, 0.3) is 27.9 Å². The molecule has 7 nitrogen and oxygen atoms in total. The minimum atomic E-state index is -0.470. The van der Waals surface area contributed by atoms with Crippen LogP contribution in [-0.2, 0) is 0 Å². The predicted octanol–water partition coefficient (Wildman–Crippen LogP) is 3.63.